The van der Waals surface area contributed by atoms with Crippen LogP contribution in [0.2, 0.25) is 0 Å². The molecule has 0 saturated heterocycles. The molecule has 1 aliphatic carbocycles. The van der Waals surface area contributed by atoms with Crippen molar-refractivity contribution in [2.75, 3.05) is 6.61 Å². The van der Waals surface area contributed by atoms with Crippen LogP contribution >= 0.6 is 15.9 Å². The predicted molar refractivity (Wildman–Crippen MR) is 44.2 cm³/mol. The molecule has 0 aromatic carbocycles. The summed E-state index contributed by atoms with van der Waals surface area (Å²) >= 11 is 3.08. The Hall–Kier alpha value is -0.160. The van der Waals surface area contributed by atoms with Gasteiger partial charge in [-0.15, -0.1) is 0 Å². The van der Waals surface area contributed by atoms with Crippen LogP contribution in [0.25, 0.3) is 0 Å². The van der Waals surface area contributed by atoms with E-state index in [9.17, 15) is 10.2 Å². The molecular formula is C7H9BrO3. The molecule has 0 aromatic heterocycles. The van der Waals surface area contributed by atoms with E-state index in [0.29, 0.717) is 10.1 Å². The van der Waals surface area contributed by atoms with Gasteiger partial charge in [-0.1, -0.05) is 22.0 Å². The Balaban J connectivity index is 2.84. The zero-order chi connectivity index (χ0) is 8.43. The lowest BCUT2D eigenvalue weighted by molar-refractivity contribution is 0.0619. The maximum absolute atomic E-state index is 9.26. The van der Waals surface area contributed by atoms with Gasteiger partial charge in [-0.05, 0) is 11.6 Å². The number of halogens is 1. The van der Waals surface area contributed by atoms with Crippen molar-refractivity contribution in [3.05, 3.63) is 22.2 Å². The predicted octanol–water partition coefficient (Wildman–Crippen LogP) is -0.0807. The molecular weight excluding hydrogens is 212 g/mol. The van der Waals surface area contributed by atoms with Crippen molar-refractivity contribution in [1.29, 1.82) is 0 Å². The minimum absolute atomic E-state index is 0.227. The largest absolute Gasteiger partial charge is 0.392 e. The third-order valence-corrected chi connectivity index (χ3v) is 2.33. The lowest BCUT2D eigenvalue weighted by Gasteiger charge is -2.22. The molecule has 0 heterocycles. The minimum Gasteiger partial charge on any atom is -0.392 e. The Labute approximate surface area is 72.8 Å². The van der Waals surface area contributed by atoms with Gasteiger partial charge in [0, 0.05) is 4.48 Å². The molecule has 0 aromatic rings. The first kappa shape index (κ1) is 8.93. The number of allylic oxidation sites excluding steroid dienone is 2. The van der Waals surface area contributed by atoms with Crippen LogP contribution in [0.1, 0.15) is 0 Å². The van der Waals surface area contributed by atoms with Gasteiger partial charge < -0.3 is 15.3 Å². The quantitative estimate of drug-likeness (QED) is 0.580. The van der Waals surface area contributed by atoms with E-state index < -0.39 is 12.2 Å². The Morgan fingerprint density at radius 3 is 2.45 bits per heavy atom. The minimum atomic E-state index is -0.987. The topological polar surface area (TPSA) is 60.7 Å². The summed E-state index contributed by atoms with van der Waals surface area (Å²) in [5.41, 5.74) is 0.431. The molecule has 62 valence electrons. The summed E-state index contributed by atoms with van der Waals surface area (Å²) in [5, 5.41) is 27.2. The summed E-state index contributed by atoms with van der Waals surface area (Å²) in [6.45, 7) is -0.227. The Bertz CT molecular complexity index is 210. The fourth-order valence-electron chi connectivity index (χ4n) is 0.884. The maximum atomic E-state index is 9.26. The molecule has 1 rings (SSSR count). The van der Waals surface area contributed by atoms with Crippen LogP contribution in [-0.2, 0) is 0 Å². The second kappa shape index (κ2) is 3.49. The second-order valence-electron chi connectivity index (χ2n) is 2.34. The van der Waals surface area contributed by atoms with Gasteiger partial charge in [0.15, 0.2) is 0 Å². The molecule has 4 heteroatoms. The third-order valence-electron chi connectivity index (χ3n) is 1.60. The van der Waals surface area contributed by atoms with Crippen LogP contribution in [0.4, 0.5) is 0 Å². The first-order valence-corrected chi connectivity index (χ1v) is 3.99. The van der Waals surface area contributed by atoms with Crippen LogP contribution < -0.4 is 0 Å². The molecule has 11 heavy (non-hydrogen) atoms. The normalized spacial score (nSPS) is 31.3. The average Bonchev–Trinajstić information content (AvgIpc) is 2.01. The number of hydrogen-bond acceptors (Lipinski definition) is 3. The van der Waals surface area contributed by atoms with Gasteiger partial charge in [0.25, 0.3) is 0 Å². The van der Waals surface area contributed by atoms with E-state index in [2.05, 4.69) is 15.9 Å². The van der Waals surface area contributed by atoms with Crippen LogP contribution in [0.3, 0.4) is 0 Å². The summed E-state index contributed by atoms with van der Waals surface area (Å²) in [5.74, 6) is 0. The lowest BCUT2D eigenvalue weighted by atomic mass is 10.0. The smallest absolute Gasteiger partial charge is 0.115 e. The summed E-state index contributed by atoms with van der Waals surface area (Å²) < 4.78 is 0.530. The standard InChI is InChI=1S/C7H9BrO3/c8-5-2-1-4(3-9)6(10)7(5)11/h1-2,6-7,9-11H,3H2/t6-,7+/m1/s1. The molecule has 0 amide bonds. The van der Waals surface area contributed by atoms with Crippen molar-refractivity contribution >= 4 is 15.9 Å². The van der Waals surface area contributed by atoms with Crippen LogP contribution in [0.5, 0.6) is 0 Å². The summed E-state index contributed by atoms with van der Waals surface area (Å²) in [6.07, 6.45) is 1.27. The van der Waals surface area contributed by atoms with Crippen LogP contribution in [-0.4, -0.2) is 34.1 Å². The number of aliphatic hydroxyl groups is 3. The fourth-order valence-corrected chi connectivity index (χ4v) is 1.27. The maximum Gasteiger partial charge on any atom is 0.115 e. The van der Waals surface area contributed by atoms with Gasteiger partial charge in [-0.3, -0.25) is 0 Å². The first-order valence-electron chi connectivity index (χ1n) is 3.20. The fraction of sp³-hybridized carbons (Fsp3) is 0.429. The van der Waals surface area contributed by atoms with Crippen molar-refractivity contribution in [3.63, 3.8) is 0 Å². The second-order valence-corrected chi connectivity index (χ2v) is 3.26. The molecule has 0 radical (unpaired) electrons. The highest BCUT2D eigenvalue weighted by atomic mass is 79.9. The van der Waals surface area contributed by atoms with Gasteiger partial charge in [0.05, 0.1) is 6.61 Å². The molecule has 1 aliphatic rings. The Kier molecular flexibility index (Phi) is 2.84. The molecule has 0 bridgehead atoms. The van der Waals surface area contributed by atoms with Crippen LogP contribution in [0, 0.1) is 0 Å². The molecule has 0 unspecified atom stereocenters. The van der Waals surface area contributed by atoms with Crippen molar-refractivity contribution in [2.45, 2.75) is 12.2 Å². The van der Waals surface area contributed by atoms with E-state index in [-0.39, 0.29) is 6.61 Å². The monoisotopic (exact) mass is 220 g/mol. The third kappa shape index (κ3) is 1.70. The number of rotatable bonds is 1. The first-order chi connectivity index (χ1) is 5.16. The summed E-state index contributed by atoms with van der Waals surface area (Å²) in [4.78, 5) is 0. The molecule has 0 fully saturated rings. The molecule has 0 spiro atoms. The molecule has 2 atom stereocenters. The lowest BCUT2D eigenvalue weighted by Crippen LogP contribution is -2.31. The van der Waals surface area contributed by atoms with E-state index in [1.165, 1.54) is 0 Å². The number of aliphatic hydroxyl groups excluding tert-OH is 3. The van der Waals surface area contributed by atoms with Gasteiger partial charge in [0.1, 0.15) is 12.2 Å². The van der Waals surface area contributed by atoms with Gasteiger partial charge >= 0.3 is 0 Å². The van der Waals surface area contributed by atoms with Gasteiger partial charge in [-0.2, -0.15) is 0 Å². The zero-order valence-electron chi connectivity index (χ0n) is 5.74. The zero-order valence-corrected chi connectivity index (χ0v) is 7.32. The van der Waals surface area contributed by atoms with E-state index in [0.717, 1.165) is 0 Å². The van der Waals surface area contributed by atoms with E-state index in [1.54, 1.807) is 12.2 Å². The van der Waals surface area contributed by atoms with E-state index in [1.807, 2.05) is 0 Å². The Morgan fingerprint density at radius 2 is 1.91 bits per heavy atom. The van der Waals surface area contributed by atoms with Crippen molar-refractivity contribution in [2.24, 2.45) is 0 Å². The highest BCUT2D eigenvalue weighted by molar-refractivity contribution is 9.11. The molecule has 0 saturated carbocycles. The summed E-state index contributed by atoms with van der Waals surface area (Å²) in [6, 6.07) is 0. The van der Waals surface area contributed by atoms with Gasteiger partial charge in [-0.25, -0.2) is 0 Å². The van der Waals surface area contributed by atoms with E-state index >= 15 is 0 Å². The molecule has 0 aliphatic heterocycles. The van der Waals surface area contributed by atoms with Crippen molar-refractivity contribution < 1.29 is 15.3 Å². The summed E-state index contributed by atoms with van der Waals surface area (Å²) in [7, 11) is 0. The Morgan fingerprint density at radius 1 is 1.27 bits per heavy atom. The molecule has 3 nitrogen and oxygen atoms in total. The highest BCUT2D eigenvalue weighted by Crippen LogP contribution is 2.23. The number of hydrogen-bond donors (Lipinski definition) is 3. The van der Waals surface area contributed by atoms with Crippen molar-refractivity contribution in [3.8, 4) is 0 Å². The highest BCUT2D eigenvalue weighted by Gasteiger charge is 2.24. The van der Waals surface area contributed by atoms with Crippen LogP contribution in [0.15, 0.2) is 22.2 Å². The van der Waals surface area contributed by atoms with Gasteiger partial charge in [0.2, 0.25) is 0 Å². The van der Waals surface area contributed by atoms with Crippen molar-refractivity contribution in [1.82, 2.24) is 0 Å². The SMILES string of the molecule is OCC1=CC=C(Br)[C@H](O)[C@@H]1O. The average molecular weight is 221 g/mol. The molecule has 3 N–H and O–H groups in total. The van der Waals surface area contributed by atoms with E-state index in [4.69, 9.17) is 5.11 Å².